The summed E-state index contributed by atoms with van der Waals surface area (Å²) in [6.45, 7) is 3.37. The second-order valence-corrected chi connectivity index (χ2v) is 3.91. The molecule has 1 rings (SSSR count). The first-order chi connectivity index (χ1) is 8.01. The fraction of sp³-hybridized carbons (Fsp3) is 0.385. The maximum atomic E-state index is 11.9. The van der Waals surface area contributed by atoms with Crippen LogP contribution >= 0.6 is 0 Å². The van der Waals surface area contributed by atoms with Crippen molar-refractivity contribution in [1.82, 2.24) is 0 Å². The maximum absolute atomic E-state index is 11.9. The van der Waals surface area contributed by atoms with Gasteiger partial charge in [-0.1, -0.05) is 13.8 Å². The molecular weight excluding hydrogens is 220 g/mol. The van der Waals surface area contributed by atoms with Crippen molar-refractivity contribution in [2.24, 2.45) is 5.92 Å². The van der Waals surface area contributed by atoms with Gasteiger partial charge in [0, 0.05) is 5.92 Å². The monoisotopic (exact) mass is 236 g/mol. The largest absolute Gasteiger partial charge is 0.497 e. The molecule has 0 saturated heterocycles. The molecule has 0 fully saturated rings. The van der Waals surface area contributed by atoms with E-state index in [1.54, 1.807) is 26.0 Å². The molecule has 1 aromatic rings. The number of ether oxygens (including phenoxy) is 2. The van der Waals surface area contributed by atoms with E-state index in [1.165, 1.54) is 20.3 Å². The van der Waals surface area contributed by atoms with Crippen molar-refractivity contribution in [2.45, 2.75) is 13.8 Å². The molecule has 17 heavy (non-hydrogen) atoms. The first-order valence-corrected chi connectivity index (χ1v) is 5.31. The number of carbonyl (C=O) groups is 2. The molecule has 0 N–H and O–H groups in total. The summed E-state index contributed by atoms with van der Waals surface area (Å²) in [6.07, 6.45) is 0. The van der Waals surface area contributed by atoms with Crippen LogP contribution in [-0.4, -0.2) is 25.8 Å². The Balaban J connectivity index is 3.18. The van der Waals surface area contributed by atoms with Crippen LogP contribution in [-0.2, 0) is 4.79 Å². The second kappa shape index (κ2) is 5.48. The number of ketones is 2. The number of Topliss-reactive ketones (excluding diaryl/α,β-unsaturated/α-hetero) is 2. The van der Waals surface area contributed by atoms with Crippen LogP contribution in [0.1, 0.15) is 24.2 Å². The summed E-state index contributed by atoms with van der Waals surface area (Å²) in [6, 6.07) is 4.80. The standard InChI is InChI=1S/C13H16O4/c1-8(2)12(14)13(15)10-7-9(16-3)5-6-11(10)17-4/h5-8H,1-4H3. The van der Waals surface area contributed by atoms with Crippen LogP contribution in [0.3, 0.4) is 0 Å². The first kappa shape index (κ1) is 13.2. The van der Waals surface area contributed by atoms with Crippen LogP contribution in [0.4, 0.5) is 0 Å². The van der Waals surface area contributed by atoms with Gasteiger partial charge in [0.05, 0.1) is 19.8 Å². The number of hydrogen-bond donors (Lipinski definition) is 0. The van der Waals surface area contributed by atoms with E-state index >= 15 is 0 Å². The van der Waals surface area contributed by atoms with Crippen molar-refractivity contribution in [3.05, 3.63) is 23.8 Å². The molecule has 0 unspecified atom stereocenters. The van der Waals surface area contributed by atoms with Crippen LogP contribution < -0.4 is 9.47 Å². The number of methoxy groups -OCH3 is 2. The molecule has 0 radical (unpaired) electrons. The van der Waals surface area contributed by atoms with E-state index in [2.05, 4.69) is 0 Å². The highest BCUT2D eigenvalue weighted by atomic mass is 16.5. The van der Waals surface area contributed by atoms with Crippen LogP contribution in [0.15, 0.2) is 18.2 Å². The van der Waals surface area contributed by atoms with Crippen molar-refractivity contribution in [2.75, 3.05) is 14.2 Å². The Kier molecular flexibility index (Phi) is 4.26. The van der Waals surface area contributed by atoms with Gasteiger partial charge in [0.2, 0.25) is 11.6 Å². The van der Waals surface area contributed by atoms with E-state index < -0.39 is 11.6 Å². The third-order valence-electron chi connectivity index (χ3n) is 2.40. The Labute approximate surface area is 101 Å². The number of benzene rings is 1. The number of carbonyl (C=O) groups excluding carboxylic acids is 2. The highest BCUT2D eigenvalue weighted by molar-refractivity contribution is 6.44. The molecule has 0 aliphatic carbocycles. The Morgan fingerprint density at radius 2 is 1.76 bits per heavy atom. The Bertz CT molecular complexity index is 435. The van der Waals surface area contributed by atoms with Gasteiger partial charge < -0.3 is 9.47 Å². The summed E-state index contributed by atoms with van der Waals surface area (Å²) in [7, 11) is 2.96. The van der Waals surface area contributed by atoms with Gasteiger partial charge in [-0.2, -0.15) is 0 Å². The van der Waals surface area contributed by atoms with Crippen molar-refractivity contribution in [1.29, 1.82) is 0 Å². The topological polar surface area (TPSA) is 52.6 Å². The van der Waals surface area contributed by atoms with Gasteiger partial charge in [-0.25, -0.2) is 0 Å². The third kappa shape index (κ3) is 2.84. The molecule has 4 heteroatoms. The minimum absolute atomic E-state index is 0.241. The Hall–Kier alpha value is -1.84. The lowest BCUT2D eigenvalue weighted by atomic mass is 9.99. The molecule has 4 nitrogen and oxygen atoms in total. The SMILES string of the molecule is COc1ccc(OC)c(C(=O)C(=O)C(C)C)c1. The second-order valence-electron chi connectivity index (χ2n) is 3.91. The average molecular weight is 236 g/mol. The molecule has 0 amide bonds. The zero-order valence-corrected chi connectivity index (χ0v) is 10.4. The lowest BCUT2D eigenvalue weighted by molar-refractivity contribution is -0.117. The van der Waals surface area contributed by atoms with Crippen molar-refractivity contribution in [3.8, 4) is 11.5 Å². The highest BCUT2D eigenvalue weighted by Gasteiger charge is 2.23. The van der Waals surface area contributed by atoms with Gasteiger partial charge in [-0.15, -0.1) is 0 Å². The fourth-order valence-corrected chi connectivity index (χ4v) is 1.39. The van der Waals surface area contributed by atoms with E-state index in [4.69, 9.17) is 9.47 Å². The normalized spacial score (nSPS) is 10.2. The smallest absolute Gasteiger partial charge is 0.232 e. The van der Waals surface area contributed by atoms with Crippen molar-refractivity contribution >= 4 is 11.6 Å². The van der Waals surface area contributed by atoms with Gasteiger partial charge in [0.25, 0.3) is 0 Å². The first-order valence-electron chi connectivity index (χ1n) is 5.31. The van der Waals surface area contributed by atoms with Gasteiger partial charge in [0.15, 0.2) is 0 Å². The number of hydrogen-bond acceptors (Lipinski definition) is 4. The quantitative estimate of drug-likeness (QED) is 0.580. The Morgan fingerprint density at radius 3 is 2.24 bits per heavy atom. The van der Waals surface area contributed by atoms with Crippen LogP contribution in [0.25, 0.3) is 0 Å². The zero-order chi connectivity index (χ0) is 13.0. The fourth-order valence-electron chi connectivity index (χ4n) is 1.39. The molecule has 92 valence electrons. The van der Waals surface area contributed by atoms with E-state index in [-0.39, 0.29) is 11.5 Å². The van der Waals surface area contributed by atoms with E-state index in [1.807, 2.05) is 0 Å². The molecule has 0 spiro atoms. The molecule has 0 saturated carbocycles. The number of rotatable bonds is 5. The van der Waals surface area contributed by atoms with Crippen LogP contribution in [0, 0.1) is 5.92 Å². The average Bonchev–Trinajstić information content (AvgIpc) is 2.35. The van der Waals surface area contributed by atoms with Gasteiger partial charge in [0.1, 0.15) is 11.5 Å². The van der Waals surface area contributed by atoms with Gasteiger partial charge in [-0.3, -0.25) is 9.59 Å². The molecule has 0 heterocycles. The van der Waals surface area contributed by atoms with Crippen LogP contribution in [0.2, 0.25) is 0 Å². The highest BCUT2D eigenvalue weighted by Crippen LogP contribution is 2.25. The summed E-state index contributed by atoms with van der Waals surface area (Å²) < 4.78 is 10.1. The summed E-state index contributed by atoms with van der Waals surface area (Å²) in [5.41, 5.74) is 0.241. The maximum Gasteiger partial charge on any atom is 0.232 e. The molecule has 0 bridgehead atoms. The van der Waals surface area contributed by atoms with Crippen molar-refractivity contribution in [3.63, 3.8) is 0 Å². The summed E-state index contributed by atoms with van der Waals surface area (Å²) in [5.74, 6) is -0.416. The molecular formula is C13H16O4. The molecule has 0 atom stereocenters. The third-order valence-corrected chi connectivity index (χ3v) is 2.40. The molecule has 0 aliphatic rings. The minimum Gasteiger partial charge on any atom is -0.497 e. The lowest BCUT2D eigenvalue weighted by Crippen LogP contribution is -2.20. The van der Waals surface area contributed by atoms with E-state index in [0.717, 1.165) is 0 Å². The molecule has 0 aliphatic heterocycles. The predicted octanol–water partition coefficient (Wildman–Crippen LogP) is 2.11. The van der Waals surface area contributed by atoms with Crippen molar-refractivity contribution < 1.29 is 19.1 Å². The lowest BCUT2D eigenvalue weighted by Gasteiger charge is -2.10. The summed E-state index contributed by atoms with van der Waals surface area (Å²) >= 11 is 0. The molecule has 0 aromatic heterocycles. The Morgan fingerprint density at radius 1 is 1.12 bits per heavy atom. The summed E-state index contributed by atoms with van der Waals surface area (Å²) in [5, 5.41) is 0. The van der Waals surface area contributed by atoms with Gasteiger partial charge in [-0.05, 0) is 18.2 Å². The zero-order valence-electron chi connectivity index (χ0n) is 10.4. The molecule has 1 aromatic carbocycles. The van der Waals surface area contributed by atoms with Gasteiger partial charge >= 0.3 is 0 Å². The minimum atomic E-state index is -0.546. The van der Waals surface area contributed by atoms with E-state index in [9.17, 15) is 9.59 Å². The predicted molar refractivity (Wildman–Crippen MR) is 63.7 cm³/mol. The van der Waals surface area contributed by atoms with Crippen LogP contribution in [0.5, 0.6) is 11.5 Å². The van der Waals surface area contributed by atoms with E-state index in [0.29, 0.717) is 11.5 Å². The summed E-state index contributed by atoms with van der Waals surface area (Å²) in [4.78, 5) is 23.6.